The zero-order valence-corrected chi connectivity index (χ0v) is 59.0. The summed E-state index contributed by atoms with van der Waals surface area (Å²) in [5, 5.41) is 17.1. The molecular formula is C104H68N4. The zero-order chi connectivity index (χ0) is 71.2. The predicted octanol–water partition coefficient (Wildman–Crippen LogP) is 28.9. The van der Waals surface area contributed by atoms with Crippen LogP contribution in [0.25, 0.3) is 164 Å². The Balaban J connectivity index is 0.574. The highest BCUT2D eigenvalue weighted by atomic mass is 15.1. The number of rotatable bonds is 13. The smallest absolute Gasteiger partial charge is 0.0547 e. The maximum Gasteiger partial charge on any atom is 0.0547 e. The minimum absolute atomic E-state index is 1.08. The second kappa shape index (κ2) is 25.8. The van der Waals surface area contributed by atoms with Crippen LogP contribution in [-0.4, -0.2) is 9.13 Å². The number of aromatic nitrogens is 2. The summed E-state index contributed by atoms with van der Waals surface area (Å²) >= 11 is 0. The Bertz CT molecular complexity index is 7070. The van der Waals surface area contributed by atoms with Gasteiger partial charge in [-0.1, -0.05) is 255 Å². The van der Waals surface area contributed by atoms with E-state index in [1.54, 1.807) is 0 Å². The van der Waals surface area contributed by atoms with Crippen LogP contribution in [0.3, 0.4) is 0 Å². The summed E-state index contributed by atoms with van der Waals surface area (Å²) in [5.41, 5.74) is 25.3. The predicted molar refractivity (Wildman–Crippen MR) is 459 cm³/mol. The molecule has 0 radical (unpaired) electrons. The molecule has 0 aliphatic carbocycles. The second-order valence-corrected chi connectivity index (χ2v) is 28.5. The Hall–Kier alpha value is -14.3. The van der Waals surface area contributed by atoms with Gasteiger partial charge in [-0.15, -0.1) is 0 Å². The Labute approximate surface area is 626 Å². The van der Waals surface area contributed by atoms with E-state index in [9.17, 15) is 0 Å². The van der Waals surface area contributed by atoms with Crippen LogP contribution in [0.4, 0.5) is 34.1 Å². The third-order valence-corrected chi connectivity index (χ3v) is 22.1. The van der Waals surface area contributed by atoms with Crippen molar-refractivity contribution in [3.05, 3.63) is 413 Å². The van der Waals surface area contributed by atoms with Crippen molar-refractivity contribution in [1.29, 1.82) is 0 Å². The molecule has 0 unspecified atom stereocenters. The summed E-state index contributed by atoms with van der Waals surface area (Å²) < 4.78 is 4.90. The van der Waals surface area contributed by atoms with Crippen molar-refractivity contribution in [3.8, 4) is 67.0 Å². The van der Waals surface area contributed by atoms with Crippen LogP contribution in [0, 0.1) is 0 Å². The van der Waals surface area contributed by atoms with Gasteiger partial charge >= 0.3 is 0 Å². The van der Waals surface area contributed by atoms with Gasteiger partial charge in [-0.05, 0) is 267 Å². The molecule has 0 aliphatic heterocycles. The molecule has 4 heteroatoms. The highest BCUT2D eigenvalue weighted by Crippen LogP contribution is 2.44. The lowest BCUT2D eigenvalue weighted by molar-refractivity contribution is 1.19. The standard InChI is InChI=1S/C104H68N4/c1-3-16-69(17-4-1)71-34-46-92(47-35-71)106(94-54-42-70-18-7-8-19-79(70)61-94)93-52-40-74(41-53-93)85-33-31-76-44-56-96(63-88(76)60-85)108-102-57-45-86(66-99(102)100-65-81-21-10-12-23-83(81)68-104(100)108)78-25-15-24-77(58-78)72-36-48-90(49-37-72)105(89-26-5-2-6-27-89)91-50-38-73(39-51-91)84-32-30-75-43-55-95(62-87(75)59-84)107-101-29-14-13-28-97(101)98-64-80-20-9-11-22-82(80)67-103(98)107/h1-68H. The fourth-order valence-electron chi connectivity index (χ4n) is 16.7. The van der Waals surface area contributed by atoms with Crippen molar-refractivity contribution in [2.45, 2.75) is 0 Å². The van der Waals surface area contributed by atoms with Crippen LogP contribution < -0.4 is 9.80 Å². The van der Waals surface area contributed by atoms with Gasteiger partial charge in [0.2, 0.25) is 0 Å². The number of benzene rings is 19. The van der Waals surface area contributed by atoms with Crippen LogP contribution in [-0.2, 0) is 0 Å². The molecule has 21 rings (SSSR count). The second-order valence-electron chi connectivity index (χ2n) is 28.5. The molecule has 0 spiro atoms. The van der Waals surface area contributed by atoms with E-state index in [2.05, 4.69) is 431 Å². The van der Waals surface area contributed by atoms with Gasteiger partial charge in [-0.2, -0.15) is 0 Å². The summed E-state index contributed by atoms with van der Waals surface area (Å²) in [6.07, 6.45) is 0. The Morgan fingerprint density at radius 2 is 0.454 bits per heavy atom. The molecule has 0 saturated heterocycles. The van der Waals surface area contributed by atoms with Gasteiger partial charge in [-0.3, -0.25) is 0 Å². The SMILES string of the molecule is c1ccc(-c2ccc(N(c3ccc(-c4ccc5ccc(-n6c7ccc(-c8cccc(-c9ccc(N(c%10ccccc%10)c%10ccc(-c%11ccc%12ccc(-n%13c%14ccccc%14c%14cc%15ccccc%15cc%14%13)cc%12c%11)cc%10)cc9)c8)cc7c7cc8ccccc8cc76)cc5c4)cc3)c3ccc4ccccc4c3)cc2)cc1. The molecule has 504 valence electrons. The number of fused-ring (bicyclic) bond motifs is 11. The van der Waals surface area contributed by atoms with Gasteiger partial charge in [0.25, 0.3) is 0 Å². The van der Waals surface area contributed by atoms with Crippen molar-refractivity contribution in [2.75, 3.05) is 9.80 Å². The first-order valence-corrected chi connectivity index (χ1v) is 37.2. The average Bonchev–Trinajstić information content (AvgIpc) is 1.58. The lowest BCUT2D eigenvalue weighted by Crippen LogP contribution is -2.09. The highest BCUT2D eigenvalue weighted by molar-refractivity contribution is 6.16. The number of hydrogen-bond donors (Lipinski definition) is 0. The van der Waals surface area contributed by atoms with Gasteiger partial charge in [0.1, 0.15) is 0 Å². The van der Waals surface area contributed by atoms with Crippen molar-refractivity contribution in [2.24, 2.45) is 0 Å². The summed E-state index contributed by atoms with van der Waals surface area (Å²) in [6.45, 7) is 0. The van der Waals surface area contributed by atoms with Gasteiger partial charge in [-0.25, -0.2) is 0 Å². The van der Waals surface area contributed by atoms with Crippen LogP contribution in [0.1, 0.15) is 0 Å². The van der Waals surface area contributed by atoms with E-state index < -0.39 is 0 Å². The van der Waals surface area contributed by atoms with Crippen LogP contribution >= 0.6 is 0 Å². The lowest BCUT2D eigenvalue weighted by Gasteiger charge is -2.26. The topological polar surface area (TPSA) is 16.3 Å². The lowest BCUT2D eigenvalue weighted by atomic mass is 9.97. The van der Waals surface area contributed by atoms with Crippen molar-refractivity contribution >= 4 is 132 Å². The molecule has 19 aromatic carbocycles. The number of para-hydroxylation sites is 2. The molecule has 4 nitrogen and oxygen atoms in total. The van der Waals surface area contributed by atoms with Gasteiger partial charge < -0.3 is 18.9 Å². The van der Waals surface area contributed by atoms with Gasteiger partial charge in [0.15, 0.2) is 0 Å². The summed E-state index contributed by atoms with van der Waals surface area (Å²) in [7, 11) is 0. The molecule has 0 N–H and O–H groups in total. The number of nitrogens with zero attached hydrogens (tertiary/aromatic N) is 4. The van der Waals surface area contributed by atoms with E-state index in [-0.39, 0.29) is 0 Å². The van der Waals surface area contributed by atoms with Crippen LogP contribution in [0.2, 0.25) is 0 Å². The van der Waals surface area contributed by atoms with E-state index in [0.717, 1.165) is 67.8 Å². The van der Waals surface area contributed by atoms with Crippen molar-refractivity contribution in [3.63, 3.8) is 0 Å². The van der Waals surface area contributed by atoms with E-state index >= 15 is 0 Å². The maximum absolute atomic E-state index is 2.47. The minimum Gasteiger partial charge on any atom is -0.311 e. The first-order valence-electron chi connectivity index (χ1n) is 37.2. The van der Waals surface area contributed by atoms with E-state index in [4.69, 9.17) is 0 Å². The molecule has 0 amide bonds. The molecule has 0 fully saturated rings. The van der Waals surface area contributed by atoms with Crippen LogP contribution in [0.15, 0.2) is 413 Å². The van der Waals surface area contributed by atoms with Crippen LogP contribution in [0.5, 0.6) is 0 Å². The molecule has 0 aliphatic rings. The van der Waals surface area contributed by atoms with Crippen molar-refractivity contribution < 1.29 is 0 Å². The fraction of sp³-hybridized carbons (Fsp3) is 0. The molecule has 0 saturated carbocycles. The number of anilines is 6. The monoisotopic (exact) mass is 1370 g/mol. The van der Waals surface area contributed by atoms with Gasteiger partial charge in [0.05, 0.1) is 22.1 Å². The normalized spacial score (nSPS) is 11.7. The minimum atomic E-state index is 1.08. The summed E-state index contributed by atoms with van der Waals surface area (Å²) in [4.78, 5) is 4.72. The third-order valence-electron chi connectivity index (χ3n) is 22.1. The first-order chi connectivity index (χ1) is 53.5. The maximum atomic E-state index is 2.47. The molecule has 2 heterocycles. The fourth-order valence-corrected chi connectivity index (χ4v) is 16.7. The van der Waals surface area contributed by atoms with E-state index in [1.807, 2.05) is 0 Å². The quantitative estimate of drug-likeness (QED) is 0.114. The van der Waals surface area contributed by atoms with E-state index in [0.29, 0.717) is 0 Å². The Morgan fingerprint density at radius 1 is 0.139 bits per heavy atom. The van der Waals surface area contributed by atoms with E-state index in [1.165, 1.54) is 131 Å². The Kier molecular flexibility index (Phi) is 14.9. The van der Waals surface area contributed by atoms with Gasteiger partial charge in [0, 0.05) is 67.0 Å². The molecule has 21 aromatic rings. The van der Waals surface area contributed by atoms with Crippen molar-refractivity contribution in [1.82, 2.24) is 9.13 Å². The largest absolute Gasteiger partial charge is 0.311 e. The first kappa shape index (κ1) is 62.3. The summed E-state index contributed by atoms with van der Waals surface area (Å²) in [5.74, 6) is 0. The number of hydrogen-bond acceptors (Lipinski definition) is 2. The zero-order valence-electron chi connectivity index (χ0n) is 59.0. The Morgan fingerprint density at radius 3 is 0.991 bits per heavy atom. The molecular weight excluding hydrogens is 1310 g/mol. The third kappa shape index (κ3) is 11.0. The molecule has 0 bridgehead atoms. The average molecular weight is 1370 g/mol. The summed E-state index contributed by atoms with van der Waals surface area (Å²) in [6, 6.07) is 152. The highest BCUT2D eigenvalue weighted by Gasteiger charge is 2.21. The molecule has 0 atom stereocenters. The molecule has 108 heavy (non-hydrogen) atoms. The molecule has 2 aromatic heterocycles.